The second-order valence-electron chi connectivity index (χ2n) is 10.8. The Kier molecular flexibility index (Phi) is 8.02. The fourth-order valence-corrected chi connectivity index (χ4v) is 6.34. The number of aryl methyl sites for hydroxylation is 2. The van der Waals surface area contributed by atoms with E-state index in [2.05, 4.69) is 51.6 Å². The number of carbonyl (C=O) groups is 2. The Morgan fingerprint density at radius 2 is 1.72 bits per heavy atom. The van der Waals surface area contributed by atoms with Gasteiger partial charge in [-0.3, -0.25) is 19.4 Å². The third kappa shape index (κ3) is 5.98. The van der Waals surface area contributed by atoms with Crippen molar-refractivity contribution in [2.45, 2.75) is 58.0 Å². The summed E-state index contributed by atoms with van der Waals surface area (Å²) < 4.78 is 0. The molecule has 2 amide bonds. The third-order valence-electron chi connectivity index (χ3n) is 8.30. The second-order valence-corrected chi connectivity index (χ2v) is 10.8. The van der Waals surface area contributed by atoms with Crippen LogP contribution < -0.4 is 10.6 Å². The summed E-state index contributed by atoms with van der Waals surface area (Å²) in [4.78, 5) is 31.5. The van der Waals surface area contributed by atoms with Crippen LogP contribution in [0.1, 0.15) is 49.3 Å². The van der Waals surface area contributed by atoms with Crippen LogP contribution in [0.2, 0.25) is 0 Å². The number of fused-ring (bicyclic) bond motifs is 1. The monoisotopic (exact) mass is 488 g/mol. The van der Waals surface area contributed by atoms with Gasteiger partial charge in [0.15, 0.2) is 0 Å². The molecule has 1 unspecified atom stereocenters. The molecular formula is C30H40N4O2. The van der Waals surface area contributed by atoms with E-state index in [1.807, 2.05) is 24.3 Å². The zero-order valence-electron chi connectivity index (χ0n) is 21.5. The van der Waals surface area contributed by atoms with Gasteiger partial charge >= 0.3 is 0 Å². The van der Waals surface area contributed by atoms with E-state index in [1.54, 1.807) is 0 Å². The van der Waals surface area contributed by atoms with E-state index in [4.69, 9.17) is 0 Å². The summed E-state index contributed by atoms with van der Waals surface area (Å²) in [6.07, 6.45) is 6.35. The lowest BCUT2D eigenvalue weighted by Crippen LogP contribution is -2.50. The van der Waals surface area contributed by atoms with Crippen molar-refractivity contribution < 1.29 is 9.59 Å². The number of anilines is 1. The molecule has 0 radical (unpaired) electrons. The molecule has 1 aliphatic carbocycles. The molecule has 3 aliphatic rings. The maximum Gasteiger partial charge on any atom is 0.228 e. The first kappa shape index (κ1) is 25.0. The Labute approximate surface area is 215 Å². The van der Waals surface area contributed by atoms with Crippen molar-refractivity contribution in [3.63, 3.8) is 0 Å². The minimum Gasteiger partial charge on any atom is -0.354 e. The van der Waals surface area contributed by atoms with E-state index in [0.29, 0.717) is 32.1 Å². The molecule has 3 atom stereocenters. The van der Waals surface area contributed by atoms with Crippen LogP contribution in [0.3, 0.4) is 0 Å². The second kappa shape index (κ2) is 11.6. The molecule has 2 aliphatic heterocycles. The van der Waals surface area contributed by atoms with Gasteiger partial charge < -0.3 is 10.6 Å². The summed E-state index contributed by atoms with van der Waals surface area (Å²) >= 11 is 0. The molecule has 2 aromatic rings. The van der Waals surface area contributed by atoms with E-state index >= 15 is 0 Å². The van der Waals surface area contributed by atoms with E-state index in [1.165, 1.54) is 29.5 Å². The summed E-state index contributed by atoms with van der Waals surface area (Å²) in [5.74, 6) is -0.290. The van der Waals surface area contributed by atoms with Crippen molar-refractivity contribution in [3.05, 3.63) is 65.2 Å². The van der Waals surface area contributed by atoms with Crippen LogP contribution >= 0.6 is 0 Å². The highest BCUT2D eigenvalue weighted by Crippen LogP contribution is 2.28. The number of likely N-dealkylation sites (N-methyl/N-ethyl adjacent to an activating group) is 1. The van der Waals surface area contributed by atoms with Gasteiger partial charge in [0, 0.05) is 37.9 Å². The lowest BCUT2D eigenvalue weighted by molar-refractivity contribution is -0.130. The van der Waals surface area contributed by atoms with Crippen LogP contribution in [0, 0.1) is 11.8 Å². The zero-order chi connectivity index (χ0) is 24.9. The van der Waals surface area contributed by atoms with Gasteiger partial charge in [-0.05, 0) is 80.4 Å². The highest BCUT2D eigenvalue weighted by atomic mass is 16.2. The number of nitrogens with zero attached hydrogens (tertiary/aromatic N) is 2. The molecule has 2 heterocycles. The zero-order valence-corrected chi connectivity index (χ0v) is 21.5. The molecule has 2 fully saturated rings. The van der Waals surface area contributed by atoms with E-state index in [0.717, 1.165) is 44.6 Å². The van der Waals surface area contributed by atoms with Crippen LogP contribution in [-0.4, -0.2) is 60.4 Å². The Hall–Kier alpha value is -2.70. The van der Waals surface area contributed by atoms with Crippen molar-refractivity contribution in [3.8, 4) is 0 Å². The van der Waals surface area contributed by atoms with Gasteiger partial charge in [-0.25, -0.2) is 0 Å². The highest BCUT2D eigenvalue weighted by Gasteiger charge is 2.36. The van der Waals surface area contributed by atoms with Gasteiger partial charge in [-0.15, -0.1) is 0 Å². The van der Waals surface area contributed by atoms with Gasteiger partial charge in [-0.2, -0.15) is 0 Å². The Morgan fingerprint density at radius 3 is 2.53 bits per heavy atom. The van der Waals surface area contributed by atoms with Crippen molar-refractivity contribution in [2.24, 2.45) is 11.8 Å². The van der Waals surface area contributed by atoms with Crippen LogP contribution in [0.15, 0.2) is 48.5 Å². The molecule has 2 saturated heterocycles. The standard InChI is InChI=1S/C30H40N4O2/c1-2-34-15-7-12-28(34)18-31-29(35)25-16-26(21-33(20-25)19-22-8-4-3-5-9-22)30(36)32-27-14-13-23-10-6-11-24(23)17-27/h3-5,8-9,13-14,17,25-26,28H,2,6-7,10-12,15-16,18-21H2,1H3,(H,31,35)(H,32,36)/t25-,26+,28?/m0/s1. The van der Waals surface area contributed by atoms with Crippen LogP contribution in [-0.2, 0) is 29.0 Å². The van der Waals surface area contributed by atoms with Crippen LogP contribution in [0.4, 0.5) is 5.69 Å². The first-order valence-corrected chi connectivity index (χ1v) is 13.8. The van der Waals surface area contributed by atoms with Crippen LogP contribution in [0.5, 0.6) is 0 Å². The van der Waals surface area contributed by atoms with Crippen molar-refractivity contribution in [1.82, 2.24) is 15.1 Å². The van der Waals surface area contributed by atoms with Crippen molar-refractivity contribution in [1.29, 1.82) is 0 Å². The number of nitrogens with one attached hydrogen (secondary N) is 2. The smallest absolute Gasteiger partial charge is 0.228 e. The minimum absolute atomic E-state index is 0.0245. The molecule has 0 bridgehead atoms. The summed E-state index contributed by atoms with van der Waals surface area (Å²) in [6.45, 7) is 7.14. The fourth-order valence-electron chi connectivity index (χ4n) is 6.34. The first-order chi connectivity index (χ1) is 17.6. The van der Waals surface area contributed by atoms with Crippen molar-refractivity contribution >= 4 is 17.5 Å². The molecule has 192 valence electrons. The Balaban J connectivity index is 1.25. The summed E-state index contributed by atoms with van der Waals surface area (Å²) in [5.41, 5.74) is 4.84. The summed E-state index contributed by atoms with van der Waals surface area (Å²) in [6, 6.07) is 17.1. The fraction of sp³-hybridized carbons (Fsp3) is 0.533. The van der Waals surface area contributed by atoms with Gasteiger partial charge in [0.1, 0.15) is 0 Å². The van der Waals surface area contributed by atoms with Gasteiger partial charge in [-0.1, -0.05) is 43.3 Å². The van der Waals surface area contributed by atoms with Gasteiger partial charge in [0.25, 0.3) is 0 Å². The van der Waals surface area contributed by atoms with E-state index < -0.39 is 0 Å². The number of benzene rings is 2. The number of rotatable bonds is 8. The molecule has 5 rings (SSSR count). The maximum atomic E-state index is 13.4. The SMILES string of the molecule is CCN1CCCC1CNC(=O)[C@H]1C[C@@H](C(=O)Nc2ccc3c(c2)CCC3)CN(Cc2ccccc2)C1. The van der Waals surface area contributed by atoms with E-state index in [9.17, 15) is 9.59 Å². The normalized spacial score (nSPS) is 24.4. The minimum atomic E-state index is -0.218. The predicted octanol–water partition coefficient (Wildman–Crippen LogP) is 3.85. The Bertz CT molecular complexity index is 1060. The molecule has 0 aromatic heterocycles. The molecule has 6 nitrogen and oxygen atoms in total. The maximum absolute atomic E-state index is 13.4. The van der Waals surface area contributed by atoms with Crippen LogP contribution in [0.25, 0.3) is 0 Å². The predicted molar refractivity (Wildman–Crippen MR) is 144 cm³/mol. The topological polar surface area (TPSA) is 64.7 Å². The van der Waals surface area contributed by atoms with Gasteiger partial charge in [0.05, 0.1) is 11.8 Å². The third-order valence-corrected chi connectivity index (χ3v) is 8.30. The Morgan fingerprint density at radius 1 is 0.944 bits per heavy atom. The number of amides is 2. The number of carbonyl (C=O) groups excluding carboxylic acids is 2. The lowest BCUT2D eigenvalue weighted by Gasteiger charge is -2.37. The van der Waals surface area contributed by atoms with E-state index in [-0.39, 0.29) is 23.7 Å². The quantitative estimate of drug-likeness (QED) is 0.593. The molecule has 2 aromatic carbocycles. The molecule has 6 heteroatoms. The highest BCUT2D eigenvalue weighted by molar-refractivity contribution is 5.93. The largest absolute Gasteiger partial charge is 0.354 e. The van der Waals surface area contributed by atoms with Gasteiger partial charge in [0.2, 0.25) is 11.8 Å². The molecule has 2 N–H and O–H groups in total. The van der Waals surface area contributed by atoms with Crippen molar-refractivity contribution in [2.75, 3.05) is 38.0 Å². The molecule has 36 heavy (non-hydrogen) atoms. The average molecular weight is 489 g/mol. The summed E-state index contributed by atoms with van der Waals surface area (Å²) in [5, 5.41) is 6.41. The molecule has 0 spiro atoms. The first-order valence-electron chi connectivity index (χ1n) is 13.8. The number of piperidine rings is 1. The lowest BCUT2D eigenvalue weighted by atomic mass is 9.87. The molecule has 0 saturated carbocycles. The number of hydrogen-bond acceptors (Lipinski definition) is 4. The number of likely N-dealkylation sites (tertiary alicyclic amines) is 2. The average Bonchev–Trinajstić information content (AvgIpc) is 3.56. The number of hydrogen-bond donors (Lipinski definition) is 2. The summed E-state index contributed by atoms with van der Waals surface area (Å²) in [7, 11) is 0. The molecular weight excluding hydrogens is 448 g/mol.